The lowest BCUT2D eigenvalue weighted by Crippen LogP contribution is -2.37. The number of piperidine rings is 1. The topological polar surface area (TPSA) is 68.6 Å². The van der Waals surface area contributed by atoms with E-state index in [4.69, 9.17) is 9.47 Å². The van der Waals surface area contributed by atoms with Crippen LogP contribution in [0, 0.1) is 0 Å². The van der Waals surface area contributed by atoms with Crippen LogP contribution >= 0.6 is 0 Å². The van der Waals surface area contributed by atoms with Gasteiger partial charge in [0, 0.05) is 32.4 Å². The van der Waals surface area contributed by atoms with Crippen molar-refractivity contribution in [1.82, 2.24) is 20.0 Å². The van der Waals surface area contributed by atoms with E-state index in [0.717, 1.165) is 56.7 Å². The molecule has 3 heterocycles. The number of aromatic nitrogens is 2. The number of hydrogen-bond acceptors (Lipinski definition) is 5. The predicted molar refractivity (Wildman–Crippen MR) is 110 cm³/mol. The Morgan fingerprint density at radius 3 is 3.03 bits per heavy atom. The fraction of sp³-hybridized carbons (Fsp3) is 0.545. The molecule has 2 saturated heterocycles. The molecule has 0 spiro atoms. The first kappa shape index (κ1) is 19.9. The molecule has 0 radical (unpaired) electrons. The maximum atomic E-state index is 13.3. The van der Waals surface area contributed by atoms with Crippen LogP contribution in [0.15, 0.2) is 36.5 Å². The van der Waals surface area contributed by atoms with Gasteiger partial charge in [0.05, 0.1) is 19.3 Å². The van der Waals surface area contributed by atoms with E-state index < -0.39 is 0 Å². The zero-order valence-electron chi connectivity index (χ0n) is 17.0. The van der Waals surface area contributed by atoms with Gasteiger partial charge in [-0.2, -0.15) is 5.10 Å². The van der Waals surface area contributed by atoms with Gasteiger partial charge in [0.1, 0.15) is 11.4 Å². The molecule has 1 aromatic heterocycles. The molecule has 1 N–H and O–H groups in total. The number of benzene rings is 1. The van der Waals surface area contributed by atoms with E-state index in [0.29, 0.717) is 24.8 Å². The standard InChI is InChI=1S/C22H30N4O3/c1-28-19-7-2-5-17(13-19)15-25(16-20-8-4-12-29-20)22(27)21-9-11-26(24-21)18-6-3-10-23-14-18/h2,5,7,9,11,13,18,20,23H,3-4,6,8,10,12,14-16H2,1H3. The summed E-state index contributed by atoms with van der Waals surface area (Å²) in [6.45, 7) is 3.81. The molecule has 2 aliphatic heterocycles. The van der Waals surface area contributed by atoms with Crippen LogP contribution in [0.5, 0.6) is 5.75 Å². The van der Waals surface area contributed by atoms with Gasteiger partial charge in [0.25, 0.3) is 5.91 Å². The van der Waals surface area contributed by atoms with Gasteiger partial charge < -0.3 is 19.7 Å². The Balaban J connectivity index is 1.51. The number of ether oxygens (including phenoxy) is 2. The van der Waals surface area contributed by atoms with Crippen LogP contribution < -0.4 is 10.1 Å². The molecule has 0 bridgehead atoms. The highest BCUT2D eigenvalue weighted by Gasteiger charge is 2.26. The van der Waals surface area contributed by atoms with Gasteiger partial charge in [-0.3, -0.25) is 9.48 Å². The van der Waals surface area contributed by atoms with Gasteiger partial charge in [-0.25, -0.2) is 0 Å². The Bertz CT molecular complexity index is 810. The second kappa shape index (κ2) is 9.41. The minimum absolute atomic E-state index is 0.0501. The molecule has 156 valence electrons. The fourth-order valence-electron chi connectivity index (χ4n) is 4.12. The number of hydrogen-bond donors (Lipinski definition) is 1. The van der Waals surface area contributed by atoms with E-state index in [9.17, 15) is 4.79 Å². The Morgan fingerprint density at radius 2 is 2.28 bits per heavy atom. The lowest BCUT2D eigenvalue weighted by molar-refractivity contribution is 0.0501. The van der Waals surface area contributed by atoms with Gasteiger partial charge in [-0.15, -0.1) is 0 Å². The SMILES string of the molecule is COc1cccc(CN(CC2CCCO2)C(=O)c2ccn(C3CCCNC3)n2)c1. The van der Waals surface area contributed by atoms with Crippen LogP contribution in [0.4, 0.5) is 0 Å². The van der Waals surface area contributed by atoms with E-state index >= 15 is 0 Å². The Morgan fingerprint density at radius 1 is 1.34 bits per heavy atom. The summed E-state index contributed by atoms with van der Waals surface area (Å²) >= 11 is 0. The molecule has 2 aromatic rings. The average molecular weight is 399 g/mol. The smallest absolute Gasteiger partial charge is 0.274 e. The number of carbonyl (C=O) groups excluding carboxylic acids is 1. The fourth-order valence-corrected chi connectivity index (χ4v) is 4.12. The number of rotatable bonds is 7. The highest BCUT2D eigenvalue weighted by Crippen LogP contribution is 2.20. The average Bonchev–Trinajstić information content (AvgIpc) is 3.46. The lowest BCUT2D eigenvalue weighted by atomic mass is 10.1. The first-order valence-electron chi connectivity index (χ1n) is 10.5. The van der Waals surface area contributed by atoms with Crippen molar-refractivity contribution >= 4 is 5.91 Å². The maximum Gasteiger partial charge on any atom is 0.274 e. The molecule has 29 heavy (non-hydrogen) atoms. The van der Waals surface area contributed by atoms with Gasteiger partial charge in [0.15, 0.2) is 0 Å². The Labute approximate surface area is 172 Å². The van der Waals surface area contributed by atoms with Crippen molar-refractivity contribution in [3.8, 4) is 5.75 Å². The lowest BCUT2D eigenvalue weighted by Gasteiger charge is -2.25. The molecule has 0 saturated carbocycles. The minimum atomic E-state index is -0.0501. The summed E-state index contributed by atoms with van der Waals surface area (Å²) in [7, 11) is 1.65. The zero-order valence-corrected chi connectivity index (χ0v) is 17.0. The maximum absolute atomic E-state index is 13.3. The second-order valence-corrected chi connectivity index (χ2v) is 7.85. The predicted octanol–water partition coefficient (Wildman–Crippen LogP) is 2.64. The monoisotopic (exact) mass is 398 g/mol. The summed E-state index contributed by atoms with van der Waals surface area (Å²) in [6, 6.07) is 10.0. The summed E-state index contributed by atoms with van der Waals surface area (Å²) < 4.78 is 13.1. The van der Waals surface area contributed by atoms with E-state index in [1.54, 1.807) is 7.11 Å². The van der Waals surface area contributed by atoms with Crippen molar-refractivity contribution in [1.29, 1.82) is 0 Å². The van der Waals surface area contributed by atoms with E-state index in [1.807, 2.05) is 46.1 Å². The van der Waals surface area contributed by atoms with Crippen LogP contribution in [0.1, 0.15) is 47.8 Å². The summed E-state index contributed by atoms with van der Waals surface area (Å²) in [4.78, 5) is 15.2. The van der Waals surface area contributed by atoms with E-state index in [1.165, 1.54) is 0 Å². The highest BCUT2D eigenvalue weighted by molar-refractivity contribution is 5.92. The summed E-state index contributed by atoms with van der Waals surface area (Å²) in [5.41, 5.74) is 1.53. The first-order valence-corrected chi connectivity index (χ1v) is 10.5. The quantitative estimate of drug-likeness (QED) is 0.777. The highest BCUT2D eigenvalue weighted by atomic mass is 16.5. The molecule has 2 atom stereocenters. The van der Waals surface area contributed by atoms with Gasteiger partial charge in [-0.1, -0.05) is 12.1 Å². The van der Waals surface area contributed by atoms with Crippen LogP contribution in [0.3, 0.4) is 0 Å². The van der Waals surface area contributed by atoms with Crippen molar-refractivity contribution in [3.05, 3.63) is 47.8 Å². The molecule has 1 amide bonds. The van der Waals surface area contributed by atoms with Crippen LogP contribution in [0.25, 0.3) is 0 Å². The van der Waals surface area contributed by atoms with Gasteiger partial charge in [-0.05, 0) is 56.0 Å². The molecule has 0 aliphatic carbocycles. The van der Waals surface area contributed by atoms with Crippen LogP contribution in [-0.4, -0.2) is 60.0 Å². The van der Waals surface area contributed by atoms with Crippen molar-refractivity contribution in [2.75, 3.05) is 33.4 Å². The molecule has 7 heteroatoms. The summed E-state index contributed by atoms with van der Waals surface area (Å²) in [5, 5.41) is 8.03. The number of nitrogens with zero attached hydrogens (tertiary/aromatic N) is 3. The third-order valence-corrected chi connectivity index (χ3v) is 5.72. The van der Waals surface area contributed by atoms with Crippen molar-refractivity contribution in [2.24, 2.45) is 0 Å². The number of amides is 1. The normalized spacial score (nSPS) is 21.8. The molecule has 2 fully saturated rings. The van der Waals surface area contributed by atoms with Crippen molar-refractivity contribution < 1.29 is 14.3 Å². The molecule has 1 aromatic carbocycles. The molecular weight excluding hydrogens is 368 g/mol. The molecule has 2 aliphatic rings. The summed E-state index contributed by atoms with van der Waals surface area (Å²) in [6.07, 6.45) is 6.29. The number of nitrogens with one attached hydrogen (secondary N) is 1. The third kappa shape index (κ3) is 4.97. The molecular formula is C22H30N4O3. The van der Waals surface area contributed by atoms with Gasteiger partial charge in [0.2, 0.25) is 0 Å². The third-order valence-electron chi connectivity index (χ3n) is 5.72. The minimum Gasteiger partial charge on any atom is -0.497 e. The second-order valence-electron chi connectivity index (χ2n) is 7.85. The number of carbonyl (C=O) groups is 1. The van der Waals surface area contributed by atoms with Gasteiger partial charge >= 0.3 is 0 Å². The molecule has 4 rings (SSSR count). The molecule has 7 nitrogen and oxygen atoms in total. The Kier molecular flexibility index (Phi) is 6.46. The summed E-state index contributed by atoms with van der Waals surface area (Å²) in [5.74, 6) is 0.743. The van der Waals surface area contributed by atoms with Crippen LogP contribution in [-0.2, 0) is 11.3 Å². The largest absolute Gasteiger partial charge is 0.497 e. The zero-order chi connectivity index (χ0) is 20.1. The number of methoxy groups -OCH3 is 1. The first-order chi connectivity index (χ1) is 14.2. The van der Waals surface area contributed by atoms with E-state index in [-0.39, 0.29) is 12.0 Å². The molecule has 2 unspecified atom stereocenters. The van der Waals surface area contributed by atoms with E-state index in [2.05, 4.69) is 10.4 Å². The van der Waals surface area contributed by atoms with Crippen molar-refractivity contribution in [2.45, 2.75) is 44.4 Å². The Hall–Kier alpha value is -2.38. The van der Waals surface area contributed by atoms with Crippen LogP contribution in [0.2, 0.25) is 0 Å². The van der Waals surface area contributed by atoms with Crippen molar-refractivity contribution in [3.63, 3.8) is 0 Å².